The van der Waals surface area contributed by atoms with E-state index in [1.807, 2.05) is 4.72 Å². The fourth-order valence-corrected chi connectivity index (χ4v) is 3.35. The smallest absolute Gasteiger partial charge is 0.508 e. The topological polar surface area (TPSA) is 113 Å². The first kappa shape index (κ1) is 20.5. The van der Waals surface area contributed by atoms with Gasteiger partial charge in [-0.1, -0.05) is 18.2 Å². The highest BCUT2D eigenvalue weighted by Gasteiger charge is 2.31. The van der Waals surface area contributed by atoms with E-state index in [4.69, 9.17) is 0 Å². The summed E-state index contributed by atoms with van der Waals surface area (Å²) in [7, 11) is -4.35. The van der Waals surface area contributed by atoms with Gasteiger partial charge in [0.25, 0.3) is 0 Å². The zero-order valence-corrected chi connectivity index (χ0v) is 14.3. The van der Waals surface area contributed by atoms with Gasteiger partial charge in [0.1, 0.15) is 17.5 Å². The third kappa shape index (κ3) is 5.86. The minimum absolute atomic E-state index is 0.198. The molecule has 27 heavy (non-hydrogen) atoms. The van der Waals surface area contributed by atoms with Gasteiger partial charge >= 0.3 is 12.3 Å². The van der Waals surface area contributed by atoms with Crippen molar-refractivity contribution < 1.29 is 41.3 Å². The van der Waals surface area contributed by atoms with Crippen molar-refractivity contribution in [2.45, 2.75) is 23.7 Å². The number of para-hydroxylation sites is 1. The Kier molecular flexibility index (Phi) is 5.96. The fraction of sp³-hybridized carbons (Fsp3) is 0.188. The Morgan fingerprint density at radius 2 is 1.70 bits per heavy atom. The molecule has 0 aromatic heterocycles. The standard InChI is InChI=1S/C16H14F3NO6S/c17-16(18,19)26-11-5-7-12(8-6-11)27(24,25)20-13(15(22)23)9-10-3-1-2-4-14(10)21/h1-8,13,20-21H,9H2,(H,22,23)/t13-/m1/s1. The summed E-state index contributed by atoms with van der Waals surface area (Å²) in [5, 5.41) is 19.0. The molecule has 0 aliphatic heterocycles. The number of nitrogens with one attached hydrogen (secondary N) is 1. The maximum Gasteiger partial charge on any atom is 0.573 e. The summed E-state index contributed by atoms with van der Waals surface area (Å²) in [5.74, 6) is -2.30. The zero-order valence-electron chi connectivity index (χ0n) is 13.5. The van der Waals surface area contributed by atoms with Crippen LogP contribution in [0, 0.1) is 0 Å². The number of alkyl halides is 3. The van der Waals surface area contributed by atoms with E-state index in [-0.39, 0.29) is 17.7 Å². The van der Waals surface area contributed by atoms with Crippen LogP contribution in [0.4, 0.5) is 13.2 Å². The Bertz CT molecular complexity index is 912. The Labute approximate surface area is 152 Å². The lowest BCUT2D eigenvalue weighted by molar-refractivity contribution is -0.274. The number of benzene rings is 2. The molecule has 0 saturated heterocycles. The maximum atomic E-state index is 12.3. The number of phenolic OH excluding ortho intramolecular Hbond substituents is 1. The highest BCUT2D eigenvalue weighted by atomic mass is 32.2. The molecule has 3 N–H and O–H groups in total. The van der Waals surface area contributed by atoms with Crippen LogP contribution < -0.4 is 9.46 Å². The first-order valence-electron chi connectivity index (χ1n) is 7.36. The molecular formula is C16H14F3NO6S. The Morgan fingerprint density at radius 3 is 2.22 bits per heavy atom. The van der Waals surface area contributed by atoms with Crippen molar-refractivity contribution in [1.29, 1.82) is 0 Å². The van der Waals surface area contributed by atoms with E-state index < -0.39 is 39.0 Å². The number of aliphatic carboxylic acids is 1. The number of rotatable bonds is 7. The Morgan fingerprint density at radius 1 is 1.11 bits per heavy atom. The maximum absolute atomic E-state index is 12.3. The van der Waals surface area contributed by atoms with E-state index in [1.54, 1.807) is 6.07 Å². The second-order valence-corrected chi connectivity index (χ2v) is 7.08. The molecule has 0 aliphatic carbocycles. The van der Waals surface area contributed by atoms with Crippen LogP contribution in [0.1, 0.15) is 5.56 Å². The number of phenols is 1. The number of ether oxygens (including phenoxy) is 1. The third-order valence-electron chi connectivity index (χ3n) is 3.38. The van der Waals surface area contributed by atoms with E-state index >= 15 is 0 Å². The van der Waals surface area contributed by atoms with E-state index in [0.717, 1.165) is 24.3 Å². The van der Waals surface area contributed by atoms with Gasteiger partial charge in [-0.3, -0.25) is 4.79 Å². The highest BCUT2D eigenvalue weighted by molar-refractivity contribution is 7.89. The van der Waals surface area contributed by atoms with Gasteiger partial charge in [0, 0.05) is 6.42 Å². The van der Waals surface area contributed by atoms with Gasteiger partial charge in [0.15, 0.2) is 0 Å². The summed E-state index contributed by atoms with van der Waals surface area (Å²) in [4.78, 5) is 10.9. The van der Waals surface area contributed by atoms with Crippen LogP contribution in [-0.2, 0) is 21.2 Å². The van der Waals surface area contributed by atoms with Gasteiger partial charge in [-0.05, 0) is 35.9 Å². The predicted molar refractivity (Wildman–Crippen MR) is 86.7 cm³/mol. The van der Waals surface area contributed by atoms with Gasteiger partial charge in [0.2, 0.25) is 10.0 Å². The number of carboxylic acid groups (broad SMARTS) is 1. The number of carboxylic acids is 1. The quantitative estimate of drug-likeness (QED) is 0.651. The zero-order chi connectivity index (χ0) is 20.2. The molecule has 0 fully saturated rings. The van der Waals surface area contributed by atoms with Crippen molar-refractivity contribution in [2.24, 2.45) is 0 Å². The van der Waals surface area contributed by atoms with Crippen molar-refractivity contribution in [3.8, 4) is 11.5 Å². The van der Waals surface area contributed by atoms with E-state index in [1.165, 1.54) is 18.2 Å². The minimum atomic E-state index is -4.93. The molecule has 0 bridgehead atoms. The summed E-state index contributed by atoms with van der Waals surface area (Å²) >= 11 is 0. The summed E-state index contributed by atoms with van der Waals surface area (Å²) in [6.07, 6.45) is -5.26. The number of hydrogen-bond acceptors (Lipinski definition) is 5. The number of aromatic hydroxyl groups is 1. The molecule has 1 atom stereocenters. The normalized spacial score (nSPS) is 13.1. The summed E-state index contributed by atoms with van der Waals surface area (Å²) < 4.78 is 66.6. The van der Waals surface area contributed by atoms with Crippen LogP contribution in [0.25, 0.3) is 0 Å². The van der Waals surface area contributed by atoms with Crippen molar-refractivity contribution in [3.05, 3.63) is 54.1 Å². The van der Waals surface area contributed by atoms with E-state index in [0.29, 0.717) is 0 Å². The fourth-order valence-electron chi connectivity index (χ4n) is 2.16. The van der Waals surface area contributed by atoms with Crippen molar-refractivity contribution >= 4 is 16.0 Å². The van der Waals surface area contributed by atoms with Crippen LogP contribution in [0.15, 0.2) is 53.4 Å². The molecule has 0 amide bonds. The predicted octanol–water partition coefficient (Wildman–Crippen LogP) is 2.27. The first-order chi connectivity index (χ1) is 12.5. The minimum Gasteiger partial charge on any atom is -0.508 e. The van der Waals surface area contributed by atoms with Crippen LogP contribution in [0.3, 0.4) is 0 Å². The molecule has 11 heteroatoms. The van der Waals surface area contributed by atoms with Gasteiger partial charge in [-0.2, -0.15) is 4.72 Å². The molecule has 7 nitrogen and oxygen atoms in total. The molecule has 0 heterocycles. The van der Waals surface area contributed by atoms with Crippen molar-refractivity contribution in [1.82, 2.24) is 4.72 Å². The summed E-state index contributed by atoms with van der Waals surface area (Å²) in [6, 6.07) is 7.50. The number of halogens is 3. The SMILES string of the molecule is O=C(O)[C@@H](Cc1ccccc1O)NS(=O)(=O)c1ccc(OC(F)(F)F)cc1. The summed E-state index contributed by atoms with van der Waals surface area (Å²) in [5.41, 5.74) is 0.210. The number of sulfonamides is 1. The summed E-state index contributed by atoms with van der Waals surface area (Å²) in [6.45, 7) is 0. The van der Waals surface area contributed by atoms with Crippen molar-refractivity contribution in [2.75, 3.05) is 0 Å². The van der Waals surface area contributed by atoms with Crippen molar-refractivity contribution in [3.63, 3.8) is 0 Å². The van der Waals surface area contributed by atoms with E-state index in [2.05, 4.69) is 4.74 Å². The van der Waals surface area contributed by atoms with Crippen LogP contribution in [0.2, 0.25) is 0 Å². The first-order valence-corrected chi connectivity index (χ1v) is 8.84. The number of hydrogen-bond donors (Lipinski definition) is 3. The van der Waals surface area contributed by atoms with Crippen LogP contribution in [-0.4, -0.2) is 37.0 Å². The second-order valence-electron chi connectivity index (χ2n) is 5.36. The largest absolute Gasteiger partial charge is 0.573 e. The highest BCUT2D eigenvalue weighted by Crippen LogP contribution is 2.24. The number of carbonyl (C=O) groups is 1. The van der Waals surface area contributed by atoms with Crippen LogP contribution >= 0.6 is 0 Å². The molecule has 146 valence electrons. The van der Waals surface area contributed by atoms with E-state index in [9.17, 15) is 36.6 Å². The lowest BCUT2D eigenvalue weighted by Gasteiger charge is -2.16. The Balaban J connectivity index is 2.19. The molecular weight excluding hydrogens is 391 g/mol. The average molecular weight is 405 g/mol. The van der Waals surface area contributed by atoms with Gasteiger partial charge < -0.3 is 14.9 Å². The molecule has 2 rings (SSSR count). The second kappa shape index (κ2) is 7.84. The molecule has 0 unspecified atom stereocenters. The monoisotopic (exact) mass is 405 g/mol. The Hall–Kier alpha value is -2.79. The lowest BCUT2D eigenvalue weighted by atomic mass is 10.1. The molecule has 0 spiro atoms. The van der Waals surface area contributed by atoms with Gasteiger partial charge in [-0.25, -0.2) is 8.42 Å². The molecule has 0 radical (unpaired) electrons. The van der Waals surface area contributed by atoms with Gasteiger partial charge in [0.05, 0.1) is 4.90 Å². The molecule has 0 aliphatic rings. The molecule has 2 aromatic carbocycles. The van der Waals surface area contributed by atoms with Gasteiger partial charge in [-0.15, -0.1) is 13.2 Å². The molecule has 0 saturated carbocycles. The lowest BCUT2D eigenvalue weighted by Crippen LogP contribution is -2.42. The van der Waals surface area contributed by atoms with Crippen LogP contribution in [0.5, 0.6) is 11.5 Å². The molecule has 2 aromatic rings. The third-order valence-corrected chi connectivity index (χ3v) is 4.87. The average Bonchev–Trinajstić information content (AvgIpc) is 2.55.